The van der Waals surface area contributed by atoms with E-state index in [1.807, 2.05) is 0 Å². The maximum atomic E-state index is 12.9. The van der Waals surface area contributed by atoms with Gasteiger partial charge < -0.3 is 14.2 Å². The summed E-state index contributed by atoms with van der Waals surface area (Å²) in [6, 6.07) is 2.85. The molecule has 9 nitrogen and oxygen atoms in total. The number of pyridine rings is 1. The van der Waals surface area contributed by atoms with Crippen LogP contribution in [0.5, 0.6) is 5.88 Å². The summed E-state index contributed by atoms with van der Waals surface area (Å²) in [5.74, 6) is -0.314. The zero-order chi connectivity index (χ0) is 22.3. The molecule has 1 atom stereocenters. The number of imidazole rings is 1. The number of carbonyl (C=O) groups is 2. The molecule has 0 N–H and O–H groups in total. The Morgan fingerprint density at radius 3 is 2.43 bits per heavy atom. The second kappa shape index (κ2) is 10.1. The molecule has 0 spiro atoms. The minimum Gasteiger partial charge on any atom is -0.481 e. The molecule has 0 unspecified atom stereocenters. The Morgan fingerprint density at radius 2 is 1.87 bits per heavy atom. The van der Waals surface area contributed by atoms with Crippen LogP contribution in [0.15, 0.2) is 35.5 Å². The minimum atomic E-state index is -0.634. The van der Waals surface area contributed by atoms with Crippen LogP contribution in [0.3, 0.4) is 0 Å². The predicted octanol–water partition coefficient (Wildman–Crippen LogP) is 2.33. The van der Waals surface area contributed by atoms with Crippen LogP contribution in [0.1, 0.15) is 51.6 Å². The first-order valence-corrected chi connectivity index (χ1v) is 9.70. The van der Waals surface area contributed by atoms with E-state index in [4.69, 9.17) is 9.47 Å². The lowest BCUT2D eigenvalue weighted by atomic mass is 10.1. The first-order valence-electron chi connectivity index (χ1n) is 9.70. The van der Waals surface area contributed by atoms with Crippen molar-refractivity contribution in [2.75, 3.05) is 14.2 Å². The molecule has 0 aromatic carbocycles. The second-order valence-corrected chi connectivity index (χ2v) is 7.80. The minimum absolute atomic E-state index is 0.0304. The number of nitrogens with zero attached hydrogens (tertiary/aromatic N) is 3. The van der Waals surface area contributed by atoms with Crippen LogP contribution in [-0.2, 0) is 25.6 Å². The van der Waals surface area contributed by atoms with Crippen molar-refractivity contribution in [2.45, 2.75) is 58.2 Å². The first-order chi connectivity index (χ1) is 14.1. The summed E-state index contributed by atoms with van der Waals surface area (Å²) in [6.07, 6.45) is 5.50. The van der Waals surface area contributed by atoms with E-state index in [1.165, 1.54) is 23.4 Å². The first kappa shape index (κ1) is 23.2. The molecule has 2 heterocycles. The van der Waals surface area contributed by atoms with Crippen LogP contribution in [0.4, 0.5) is 0 Å². The zero-order valence-corrected chi connectivity index (χ0v) is 18.1. The molecule has 2 aromatic heterocycles. The van der Waals surface area contributed by atoms with E-state index in [-0.39, 0.29) is 24.5 Å². The lowest BCUT2D eigenvalue weighted by molar-refractivity contribution is -0.155. The number of hydrogen-bond acceptors (Lipinski definition) is 7. The molecule has 0 fully saturated rings. The molecule has 0 radical (unpaired) electrons. The number of aromatic nitrogens is 3. The Bertz CT molecular complexity index is 908. The van der Waals surface area contributed by atoms with Gasteiger partial charge in [0.2, 0.25) is 5.88 Å². The van der Waals surface area contributed by atoms with Crippen molar-refractivity contribution in [2.24, 2.45) is 0 Å². The fourth-order valence-corrected chi connectivity index (χ4v) is 2.96. The average Bonchev–Trinajstić information content (AvgIpc) is 3.05. The maximum Gasteiger partial charge on any atom is 0.328 e. The van der Waals surface area contributed by atoms with Gasteiger partial charge in [0.25, 0.3) is 0 Å². The summed E-state index contributed by atoms with van der Waals surface area (Å²) in [5, 5.41) is 0. The van der Waals surface area contributed by atoms with Gasteiger partial charge >= 0.3 is 17.6 Å². The van der Waals surface area contributed by atoms with Crippen molar-refractivity contribution in [3.63, 3.8) is 0 Å². The van der Waals surface area contributed by atoms with E-state index in [0.717, 1.165) is 0 Å². The molecule has 0 aliphatic heterocycles. The summed E-state index contributed by atoms with van der Waals surface area (Å²) in [7, 11) is 2.84. The molecule has 9 heteroatoms. The van der Waals surface area contributed by atoms with Gasteiger partial charge in [-0.15, -0.1) is 0 Å². The van der Waals surface area contributed by atoms with Crippen molar-refractivity contribution < 1.29 is 23.8 Å². The highest BCUT2D eigenvalue weighted by atomic mass is 16.6. The third kappa shape index (κ3) is 6.47. The highest BCUT2D eigenvalue weighted by Gasteiger charge is 2.25. The topological polar surface area (TPSA) is 102 Å². The second-order valence-electron chi connectivity index (χ2n) is 7.80. The van der Waals surface area contributed by atoms with E-state index in [1.54, 1.807) is 51.5 Å². The maximum absolute atomic E-state index is 12.9. The van der Waals surface area contributed by atoms with Gasteiger partial charge in [0.15, 0.2) is 0 Å². The Labute approximate surface area is 175 Å². The fraction of sp³-hybridized carbons (Fsp3) is 0.524. The van der Waals surface area contributed by atoms with Crippen LogP contribution in [0.2, 0.25) is 0 Å². The molecular weight excluding hydrogens is 390 g/mol. The summed E-state index contributed by atoms with van der Waals surface area (Å²) in [4.78, 5) is 40.9. The zero-order valence-electron chi connectivity index (χ0n) is 18.1. The van der Waals surface area contributed by atoms with E-state index in [0.29, 0.717) is 24.4 Å². The lowest BCUT2D eigenvalue weighted by Gasteiger charge is -2.23. The van der Waals surface area contributed by atoms with Crippen LogP contribution >= 0.6 is 0 Å². The number of rotatable bonds is 9. The SMILES string of the molecule is COC(=O)CCCn1ccn([C@@H](CC(=O)OC(C)(C)C)c2ccc(OC)nc2)c1=O. The molecule has 164 valence electrons. The Hall–Kier alpha value is -3.10. The largest absolute Gasteiger partial charge is 0.481 e. The molecule has 30 heavy (non-hydrogen) atoms. The molecule has 2 aromatic rings. The number of hydrogen-bond donors (Lipinski definition) is 0. The molecule has 0 amide bonds. The lowest BCUT2D eigenvalue weighted by Crippen LogP contribution is -2.31. The van der Waals surface area contributed by atoms with Crippen LogP contribution in [0.25, 0.3) is 0 Å². The summed E-state index contributed by atoms with van der Waals surface area (Å²) in [5.41, 5.74) is -0.245. The quantitative estimate of drug-likeness (QED) is 0.575. The van der Waals surface area contributed by atoms with Crippen molar-refractivity contribution in [3.05, 3.63) is 46.8 Å². The summed E-state index contributed by atoms with van der Waals surface area (Å²) < 4.78 is 18.1. The normalized spacial score (nSPS) is 12.3. The number of ether oxygens (including phenoxy) is 3. The molecule has 0 aliphatic rings. The average molecular weight is 419 g/mol. The number of aryl methyl sites for hydroxylation is 1. The van der Waals surface area contributed by atoms with Crippen molar-refractivity contribution >= 4 is 11.9 Å². The predicted molar refractivity (Wildman–Crippen MR) is 109 cm³/mol. The Morgan fingerprint density at radius 1 is 1.13 bits per heavy atom. The monoisotopic (exact) mass is 419 g/mol. The van der Waals surface area contributed by atoms with Crippen LogP contribution in [0, 0.1) is 0 Å². The van der Waals surface area contributed by atoms with Crippen molar-refractivity contribution in [1.82, 2.24) is 14.1 Å². The smallest absolute Gasteiger partial charge is 0.328 e. The number of methoxy groups -OCH3 is 2. The van der Waals surface area contributed by atoms with Crippen LogP contribution in [-0.4, -0.2) is 45.9 Å². The van der Waals surface area contributed by atoms with Gasteiger partial charge in [-0.25, -0.2) is 9.78 Å². The summed E-state index contributed by atoms with van der Waals surface area (Å²) >= 11 is 0. The molecule has 0 bridgehead atoms. The van der Waals surface area contributed by atoms with Gasteiger partial charge in [-0.1, -0.05) is 6.07 Å². The molecule has 0 aliphatic carbocycles. The van der Waals surface area contributed by atoms with Gasteiger partial charge in [-0.2, -0.15) is 0 Å². The number of carbonyl (C=O) groups excluding carboxylic acids is 2. The summed E-state index contributed by atoms with van der Waals surface area (Å²) in [6.45, 7) is 5.73. The van der Waals surface area contributed by atoms with E-state index < -0.39 is 17.6 Å². The molecular formula is C21H29N3O6. The van der Waals surface area contributed by atoms with E-state index in [9.17, 15) is 14.4 Å². The molecule has 0 saturated carbocycles. The van der Waals surface area contributed by atoms with E-state index >= 15 is 0 Å². The molecule has 2 rings (SSSR count). The standard InChI is InChI=1S/C21H29N3O6/c1-21(2,3)30-19(26)13-16(15-8-9-17(28-4)22-14-15)24-12-11-23(20(24)27)10-6-7-18(25)29-5/h8-9,11-12,14,16H,6-7,10,13H2,1-5H3/t16-/m0/s1. The Balaban J connectivity index is 2.28. The fourth-order valence-electron chi connectivity index (χ4n) is 2.96. The Kier molecular flexibility index (Phi) is 7.79. The van der Waals surface area contributed by atoms with Crippen molar-refractivity contribution in [1.29, 1.82) is 0 Å². The van der Waals surface area contributed by atoms with Crippen molar-refractivity contribution in [3.8, 4) is 5.88 Å². The van der Waals surface area contributed by atoms with Crippen LogP contribution < -0.4 is 10.4 Å². The number of esters is 2. The third-order valence-electron chi connectivity index (χ3n) is 4.35. The molecule has 0 saturated heterocycles. The van der Waals surface area contributed by atoms with E-state index in [2.05, 4.69) is 9.72 Å². The van der Waals surface area contributed by atoms with Gasteiger partial charge in [0.05, 0.1) is 26.7 Å². The van der Waals surface area contributed by atoms with Gasteiger partial charge in [0.1, 0.15) is 5.60 Å². The van der Waals surface area contributed by atoms with Gasteiger partial charge in [-0.3, -0.25) is 18.7 Å². The highest BCUT2D eigenvalue weighted by Crippen LogP contribution is 2.23. The van der Waals surface area contributed by atoms with Gasteiger partial charge in [-0.05, 0) is 32.8 Å². The highest BCUT2D eigenvalue weighted by molar-refractivity contribution is 5.71. The third-order valence-corrected chi connectivity index (χ3v) is 4.35. The van der Waals surface area contributed by atoms with Gasteiger partial charge in [0, 0.05) is 37.6 Å².